The highest BCUT2D eigenvalue weighted by molar-refractivity contribution is 5.96. The second-order valence-electron chi connectivity index (χ2n) is 3.33. The maximum absolute atomic E-state index is 12.0. The molecule has 1 N–H and O–H groups in total. The lowest BCUT2D eigenvalue weighted by Crippen LogP contribution is -2.31. The highest BCUT2D eigenvalue weighted by Gasteiger charge is 2.19. The minimum Gasteiger partial charge on any atom is -0.328 e. The van der Waals surface area contributed by atoms with Crippen molar-refractivity contribution >= 4 is 5.91 Å². The Hall–Kier alpha value is -1.76. The molecule has 0 aliphatic rings. The van der Waals surface area contributed by atoms with E-state index in [1.54, 1.807) is 11.8 Å². The molecule has 0 atom stereocenters. The maximum atomic E-state index is 12.0. The first-order chi connectivity index (χ1) is 7.11. The van der Waals surface area contributed by atoms with Crippen molar-refractivity contribution in [2.24, 2.45) is 0 Å². The summed E-state index contributed by atoms with van der Waals surface area (Å²) < 4.78 is 0. The van der Waals surface area contributed by atoms with Crippen LogP contribution in [-0.2, 0) is 0 Å². The summed E-state index contributed by atoms with van der Waals surface area (Å²) in [5.41, 5.74) is 2.13. The number of amides is 1. The van der Waals surface area contributed by atoms with Gasteiger partial charge in [-0.15, -0.1) is 6.42 Å². The second kappa shape index (κ2) is 4.65. The third-order valence-electron chi connectivity index (χ3n) is 2.29. The van der Waals surface area contributed by atoms with Crippen molar-refractivity contribution in [3.05, 3.63) is 17.0 Å². The van der Waals surface area contributed by atoms with Crippen LogP contribution in [0.15, 0.2) is 0 Å². The molecule has 0 unspecified atom stereocenters. The number of hydrogen-bond acceptors (Lipinski definition) is 2. The molecule has 1 amide bonds. The zero-order chi connectivity index (χ0) is 11.4. The van der Waals surface area contributed by atoms with Crippen molar-refractivity contribution in [1.29, 1.82) is 0 Å². The molecule has 80 valence electrons. The van der Waals surface area contributed by atoms with E-state index in [4.69, 9.17) is 6.42 Å². The number of terminal acetylenes is 1. The Bertz CT molecular complexity index is 381. The van der Waals surface area contributed by atoms with Gasteiger partial charge in [-0.1, -0.05) is 5.92 Å². The lowest BCUT2D eigenvalue weighted by atomic mass is 10.1. The van der Waals surface area contributed by atoms with E-state index in [9.17, 15) is 4.79 Å². The van der Waals surface area contributed by atoms with E-state index < -0.39 is 0 Å². The summed E-state index contributed by atoms with van der Waals surface area (Å²) in [5.74, 6) is 2.42. The predicted molar refractivity (Wildman–Crippen MR) is 58.5 cm³/mol. The lowest BCUT2D eigenvalue weighted by Gasteiger charge is -2.17. The number of H-pyrrole nitrogens is 1. The summed E-state index contributed by atoms with van der Waals surface area (Å²) in [7, 11) is 0. The van der Waals surface area contributed by atoms with Crippen molar-refractivity contribution < 1.29 is 4.79 Å². The summed E-state index contributed by atoms with van der Waals surface area (Å²) in [5, 5.41) is 6.78. The lowest BCUT2D eigenvalue weighted by molar-refractivity contribution is 0.0783. The van der Waals surface area contributed by atoms with Crippen LogP contribution in [0.5, 0.6) is 0 Å². The molecule has 4 heteroatoms. The molecule has 0 aromatic carbocycles. The number of hydrogen-bond donors (Lipinski definition) is 1. The number of nitrogens with one attached hydrogen (secondary N) is 1. The average Bonchev–Trinajstić information content (AvgIpc) is 2.54. The molecule has 4 nitrogen and oxygen atoms in total. The minimum absolute atomic E-state index is 0.0563. The van der Waals surface area contributed by atoms with Gasteiger partial charge in [-0.05, 0) is 20.8 Å². The third-order valence-corrected chi connectivity index (χ3v) is 2.29. The standard InChI is InChI=1S/C11H15N3O/c1-5-7-14(6-2)11(15)10-8(3)12-13-9(10)4/h1H,6-7H2,2-4H3,(H,12,13). The van der Waals surface area contributed by atoms with Crippen molar-refractivity contribution in [1.82, 2.24) is 15.1 Å². The van der Waals surface area contributed by atoms with E-state index in [1.165, 1.54) is 0 Å². The molecular weight excluding hydrogens is 190 g/mol. The molecule has 0 aliphatic carbocycles. The van der Waals surface area contributed by atoms with Gasteiger partial charge in [-0.3, -0.25) is 9.89 Å². The first kappa shape index (κ1) is 11.3. The first-order valence-electron chi connectivity index (χ1n) is 4.86. The van der Waals surface area contributed by atoms with Crippen LogP contribution >= 0.6 is 0 Å². The summed E-state index contributed by atoms with van der Waals surface area (Å²) in [6.45, 7) is 6.48. The number of carbonyl (C=O) groups is 1. The van der Waals surface area contributed by atoms with Crippen LogP contribution in [0.25, 0.3) is 0 Å². The van der Waals surface area contributed by atoms with Gasteiger partial charge in [0, 0.05) is 12.2 Å². The Labute approximate surface area is 89.7 Å². The number of rotatable bonds is 3. The largest absolute Gasteiger partial charge is 0.328 e. The molecule has 1 aromatic rings. The minimum atomic E-state index is -0.0563. The van der Waals surface area contributed by atoms with E-state index in [-0.39, 0.29) is 5.91 Å². The molecule has 15 heavy (non-hydrogen) atoms. The summed E-state index contributed by atoms with van der Waals surface area (Å²) >= 11 is 0. The molecule has 1 aromatic heterocycles. The number of carbonyl (C=O) groups excluding carboxylic acids is 1. The van der Waals surface area contributed by atoms with E-state index in [2.05, 4.69) is 16.1 Å². The summed E-state index contributed by atoms with van der Waals surface area (Å²) in [6, 6.07) is 0. The Kier molecular flexibility index (Phi) is 3.51. The van der Waals surface area contributed by atoms with Crippen LogP contribution in [0.3, 0.4) is 0 Å². The summed E-state index contributed by atoms with van der Waals surface area (Å²) in [4.78, 5) is 13.7. The highest BCUT2D eigenvalue weighted by atomic mass is 16.2. The Morgan fingerprint density at radius 1 is 1.60 bits per heavy atom. The molecule has 1 heterocycles. The Morgan fingerprint density at radius 3 is 2.67 bits per heavy atom. The maximum Gasteiger partial charge on any atom is 0.258 e. The number of aromatic amines is 1. The fourth-order valence-electron chi connectivity index (χ4n) is 1.46. The molecule has 0 fully saturated rings. The number of aromatic nitrogens is 2. The van der Waals surface area contributed by atoms with Crippen molar-refractivity contribution in [3.8, 4) is 12.3 Å². The van der Waals surface area contributed by atoms with Crippen LogP contribution in [0, 0.1) is 26.2 Å². The van der Waals surface area contributed by atoms with Gasteiger partial charge in [0.2, 0.25) is 0 Å². The zero-order valence-corrected chi connectivity index (χ0v) is 9.29. The smallest absolute Gasteiger partial charge is 0.258 e. The van der Waals surface area contributed by atoms with Crippen LogP contribution in [0.1, 0.15) is 28.7 Å². The molecule has 0 saturated carbocycles. The highest BCUT2D eigenvalue weighted by Crippen LogP contribution is 2.12. The number of aryl methyl sites for hydroxylation is 2. The normalized spacial score (nSPS) is 9.73. The topological polar surface area (TPSA) is 49.0 Å². The van der Waals surface area contributed by atoms with Crippen molar-refractivity contribution in [3.63, 3.8) is 0 Å². The first-order valence-corrected chi connectivity index (χ1v) is 4.86. The Morgan fingerprint density at radius 2 is 2.27 bits per heavy atom. The average molecular weight is 205 g/mol. The molecule has 0 aliphatic heterocycles. The van der Waals surface area contributed by atoms with Gasteiger partial charge in [0.05, 0.1) is 17.8 Å². The number of nitrogens with zero attached hydrogens (tertiary/aromatic N) is 2. The van der Waals surface area contributed by atoms with Gasteiger partial charge in [0.1, 0.15) is 0 Å². The molecule has 0 spiro atoms. The molecule has 1 rings (SSSR count). The van der Waals surface area contributed by atoms with Crippen LogP contribution in [0.2, 0.25) is 0 Å². The van der Waals surface area contributed by atoms with Gasteiger partial charge in [-0.25, -0.2) is 0 Å². The van der Waals surface area contributed by atoms with Gasteiger partial charge in [0.25, 0.3) is 5.91 Å². The molecular formula is C11H15N3O. The van der Waals surface area contributed by atoms with E-state index in [0.29, 0.717) is 24.3 Å². The fraction of sp³-hybridized carbons (Fsp3) is 0.455. The van der Waals surface area contributed by atoms with E-state index >= 15 is 0 Å². The zero-order valence-electron chi connectivity index (χ0n) is 9.29. The molecule has 0 saturated heterocycles. The van der Waals surface area contributed by atoms with Crippen molar-refractivity contribution in [2.75, 3.05) is 13.1 Å². The second-order valence-corrected chi connectivity index (χ2v) is 3.33. The van der Waals surface area contributed by atoms with Gasteiger partial charge in [0.15, 0.2) is 0 Å². The van der Waals surface area contributed by atoms with Crippen LogP contribution in [-0.4, -0.2) is 34.1 Å². The van der Waals surface area contributed by atoms with Gasteiger partial charge in [-0.2, -0.15) is 5.10 Å². The van der Waals surface area contributed by atoms with Gasteiger partial charge < -0.3 is 4.90 Å². The predicted octanol–water partition coefficient (Wildman–Crippen LogP) is 1.12. The quantitative estimate of drug-likeness (QED) is 0.752. The van der Waals surface area contributed by atoms with Crippen molar-refractivity contribution in [2.45, 2.75) is 20.8 Å². The van der Waals surface area contributed by atoms with Crippen LogP contribution in [0.4, 0.5) is 0 Å². The molecule has 0 radical (unpaired) electrons. The summed E-state index contributed by atoms with van der Waals surface area (Å²) in [6.07, 6.45) is 5.20. The SMILES string of the molecule is C#CCN(CC)C(=O)c1c(C)n[nH]c1C. The Balaban J connectivity index is 2.98. The van der Waals surface area contributed by atoms with Gasteiger partial charge >= 0.3 is 0 Å². The van der Waals surface area contributed by atoms with E-state index in [1.807, 2.05) is 13.8 Å². The fourth-order valence-corrected chi connectivity index (χ4v) is 1.46. The monoisotopic (exact) mass is 205 g/mol. The third kappa shape index (κ3) is 2.18. The van der Waals surface area contributed by atoms with Crippen LogP contribution < -0.4 is 0 Å². The van der Waals surface area contributed by atoms with E-state index in [0.717, 1.165) is 5.69 Å². The molecule has 0 bridgehead atoms.